The number of carbonyl (C=O) groups is 3. The molecule has 3 rings (SSSR count). The Hall–Kier alpha value is -3.06. The van der Waals surface area contributed by atoms with Crippen molar-refractivity contribution in [1.82, 2.24) is 15.5 Å². The highest BCUT2D eigenvalue weighted by Gasteiger charge is 2.39. The van der Waals surface area contributed by atoms with E-state index in [-0.39, 0.29) is 26.5 Å². The van der Waals surface area contributed by atoms with E-state index in [2.05, 4.69) is 10.6 Å². The minimum atomic E-state index is -1.74. The second-order valence-corrected chi connectivity index (χ2v) is 9.30. The van der Waals surface area contributed by atoms with Gasteiger partial charge in [0.25, 0.3) is 0 Å². The number of amides is 3. The van der Waals surface area contributed by atoms with Crippen LogP contribution in [0.25, 0.3) is 0 Å². The molecule has 12 heteroatoms. The number of alkyl carbamates (subject to hydrolysis) is 1. The lowest BCUT2D eigenvalue weighted by Gasteiger charge is -2.30. The molecule has 0 bridgehead atoms. The molecule has 1 heterocycles. The summed E-state index contributed by atoms with van der Waals surface area (Å²) in [6.07, 6.45) is 1.37. The van der Waals surface area contributed by atoms with E-state index in [4.69, 9.17) is 9.47 Å². The zero-order valence-corrected chi connectivity index (χ0v) is 23.1. The Kier molecular flexibility index (Phi) is 13.9. The molecular weight excluding hydrogens is 521 g/mol. The molecule has 1 saturated heterocycles. The molecule has 0 radical (unpaired) electrons. The number of methoxy groups -OCH3 is 1. The molecule has 1 unspecified atom stereocenters. The van der Waals surface area contributed by atoms with E-state index in [9.17, 15) is 24.4 Å². The largest absolute Gasteiger partial charge is 0.475 e. The van der Waals surface area contributed by atoms with Crippen LogP contribution < -0.4 is 10.6 Å². The fourth-order valence-corrected chi connectivity index (χ4v) is 4.48. The van der Waals surface area contributed by atoms with Gasteiger partial charge in [0, 0.05) is 26.7 Å². The standard InChI is InChI=1S/C27H36BN3O7.H2S/c1-37-17-9-15-24(28(35)36)30-25(32)23-14-8-16-31(23)26(33)22(18-20-10-4-2-5-11-20)29-27(34)38-19-21-12-6-3-7-13-21;/h2-7,10-13,22-24,35-36H,8-9,14-19H2,1H3,(H,29,34)(H,30,32);1H2/t22-,23?,24-;/m1./s1. The molecule has 0 aliphatic carbocycles. The van der Waals surface area contributed by atoms with E-state index in [1.54, 1.807) is 7.11 Å². The first-order valence-corrected chi connectivity index (χ1v) is 12.9. The van der Waals surface area contributed by atoms with Gasteiger partial charge in [-0.3, -0.25) is 9.59 Å². The maximum absolute atomic E-state index is 13.7. The van der Waals surface area contributed by atoms with Crippen LogP contribution in [0.1, 0.15) is 36.8 Å². The van der Waals surface area contributed by atoms with Crippen LogP contribution in [0.15, 0.2) is 60.7 Å². The third kappa shape index (κ3) is 10.2. The lowest BCUT2D eigenvalue weighted by molar-refractivity contribution is -0.140. The van der Waals surface area contributed by atoms with Gasteiger partial charge in [-0.2, -0.15) is 13.5 Å². The van der Waals surface area contributed by atoms with Crippen LogP contribution in [0.4, 0.5) is 4.79 Å². The first-order valence-electron chi connectivity index (χ1n) is 12.9. The Morgan fingerprint density at radius 3 is 2.28 bits per heavy atom. The van der Waals surface area contributed by atoms with Crippen LogP contribution in [-0.4, -0.2) is 78.3 Å². The molecule has 2 aromatic rings. The predicted molar refractivity (Wildman–Crippen MR) is 152 cm³/mol. The summed E-state index contributed by atoms with van der Waals surface area (Å²) >= 11 is 0. The van der Waals surface area contributed by atoms with Gasteiger partial charge in [-0.1, -0.05) is 60.7 Å². The molecule has 3 amide bonds. The summed E-state index contributed by atoms with van der Waals surface area (Å²) in [6.45, 7) is 0.820. The van der Waals surface area contributed by atoms with E-state index >= 15 is 0 Å². The minimum Gasteiger partial charge on any atom is -0.445 e. The van der Waals surface area contributed by atoms with Crippen molar-refractivity contribution in [3.63, 3.8) is 0 Å². The molecule has 1 aliphatic rings. The molecule has 0 saturated carbocycles. The molecule has 0 aromatic heterocycles. The van der Waals surface area contributed by atoms with Gasteiger partial charge in [0.15, 0.2) is 0 Å². The number of nitrogens with one attached hydrogen (secondary N) is 2. The number of benzene rings is 2. The molecule has 39 heavy (non-hydrogen) atoms. The van der Waals surface area contributed by atoms with Crippen molar-refractivity contribution in [1.29, 1.82) is 0 Å². The van der Waals surface area contributed by atoms with Crippen molar-refractivity contribution in [2.24, 2.45) is 0 Å². The van der Waals surface area contributed by atoms with Crippen LogP contribution in [0.3, 0.4) is 0 Å². The molecule has 1 aliphatic heterocycles. The van der Waals surface area contributed by atoms with Crippen molar-refractivity contribution in [2.45, 2.75) is 56.7 Å². The highest BCUT2D eigenvalue weighted by molar-refractivity contribution is 7.59. The van der Waals surface area contributed by atoms with Gasteiger partial charge in [-0.25, -0.2) is 4.79 Å². The number of rotatable bonds is 13. The number of hydrogen-bond donors (Lipinski definition) is 4. The molecular formula is C27H38BN3O7S. The van der Waals surface area contributed by atoms with E-state index in [0.717, 1.165) is 11.1 Å². The minimum absolute atomic E-state index is 0. The van der Waals surface area contributed by atoms with Crippen LogP contribution in [-0.2, 0) is 32.1 Å². The summed E-state index contributed by atoms with van der Waals surface area (Å²) in [5.74, 6) is -1.75. The summed E-state index contributed by atoms with van der Waals surface area (Å²) in [5, 5.41) is 24.8. The SMILES string of the molecule is COCCC[C@@H](NC(=O)C1CCCN1C(=O)[C@@H](Cc1ccccc1)NC(=O)OCc1ccccc1)B(O)O.S. The monoisotopic (exact) mass is 559 g/mol. The Labute approximate surface area is 236 Å². The van der Waals surface area contributed by atoms with Gasteiger partial charge in [0.05, 0.1) is 5.94 Å². The van der Waals surface area contributed by atoms with Gasteiger partial charge in [0.1, 0.15) is 18.7 Å². The molecule has 10 nitrogen and oxygen atoms in total. The third-order valence-corrected chi connectivity index (χ3v) is 6.48. The first-order chi connectivity index (χ1) is 18.4. The second-order valence-electron chi connectivity index (χ2n) is 9.30. The Morgan fingerprint density at radius 2 is 1.67 bits per heavy atom. The molecule has 212 valence electrons. The summed E-state index contributed by atoms with van der Waals surface area (Å²) < 4.78 is 10.3. The Morgan fingerprint density at radius 1 is 1.03 bits per heavy atom. The van der Waals surface area contributed by atoms with Crippen LogP contribution >= 0.6 is 13.5 Å². The average molecular weight is 559 g/mol. The second kappa shape index (κ2) is 16.8. The maximum atomic E-state index is 13.7. The predicted octanol–water partition coefficient (Wildman–Crippen LogP) is 1.55. The van der Waals surface area contributed by atoms with Crippen molar-refractivity contribution in [2.75, 3.05) is 20.3 Å². The number of carbonyl (C=O) groups excluding carboxylic acids is 3. The lowest BCUT2D eigenvalue weighted by Crippen LogP contribution is -2.56. The zero-order valence-electron chi connectivity index (χ0n) is 22.1. The normalized spacial score (nSPS) is 16.0. The van der Waals surface area contributed by atoms with Crippen molar-refractivity contribution < 1.29 is 33.9 Å². The van der Waals surface area contributed by atoms with Crippen LogP contribution in [0.2, 0.25) is 0 Å². The molecule has 1 fully saturated rings. The first kappa shape index (κ1) is 32.2. The Bertz CT molecular complexity index is 1030. The Balaban J connectivity index is 0.00000533. The van der Waals surface area contributed by atoms with Crippen molar-refractivity contribution >= 4 is 38.5 Å². The van der Waals surface area contributed by atoms with Crippen LogP contribution in [0, 0.1) is 0 Å². The third-order valence-electron chi connectivity index (χ3n) is 6.48. The highest BCUT2D eigenvalue weighted by atomic mass is 32.1. The van der Waals surface area contributed by atoms with E-state index in [0.29, 0.717) is 38.8 Å². The number of likely N-dealkylation sites (tertiary alicyclic amines) is 1. The smallest absolute Gasteiger partial charge is 0.445 e. The van der Waals surface area contributed by atoms with Gasteiger partial charge in [-0.05, 0) is 36.8 Å². The fraction of sp³-hybridized carbons (Fsp3) is 0.444. The zero-order chi connectivity index (χ0) is 27.3. The van der Waals surface area contributed by atoms with E-state index < -0.39 is 43.1 Å². The highest BCUT2D eigenvalue weighted by Crippen LogP contribution is 2.20. The molecule has 3 atom stereocenters. The number of hydrogen-bond acceptors (Lipinski definition) is 7. The summed E-state index contributed by atoms with van der Waals surface area (Å²) in [6, 6.07) is 16.8. The van der Waals surface area contributed by atoms with E-state index in [1.165, 1.54) is 4.90 Å². The van der Waals surface area contributed by atoms with Gasteiger partial charge < -0.3 is 35.1 Å². The lowest BCUT2D eigenvalue weighted by atomic mass is 9.76. The van der Waals surface area contributed by atoms with Crippen molar-refractivity contribution in [3.05, 3.63) is 71.8 Å². The topological polar surface area (TPSA) is 137 Å². The van der Waals surface area contributed by atoms with E-state index in [1.807, 2.05) is 60.7 Å². The van der Waals surface area contributed by atoms with Crippen molar-refractivity contribution in [3.8, 4) is 0 Å². The van der Waals surface area contributed by atoms with Gasteiger partial charge >= 0.3 is 13.2 Å². The summed E-state index contributed by atoms with van der Waals surface area (Å²) in [7, 11) is -0.198. The maximum Gasteiger partial charge on any atom is 0.475 e. The quantitative estimate of drug-likeness (QED) is 0.216. The molecule has 0 spiro atoms. The van der Waals surface area contributed by atoms with Gasteiger partial charge in [0.2, 0.25) is 11.8 Å². The molecule has 2 aromatic carbocycles. The summed E-state index contributed by atoms with van der Waals surface area (Å²) in [5.41, 5.74) is 1.66. The average Bonchev–Trinajstić information content (AvgIpc) is 3.42. The fourth-order valence-electron chi connectivity index (χ4n) is 4.48. The number of ether oxygens (including phenoxy) is 2. The van der Waals surface area contributed by atoms with Gasteiger partial charge in [-0.15, -0.1) is 0 Å². The van der Waals surface area contributed by atoms with Crippen LogP contribution in [0.5, 0.6) is 0 Å². The molecule has 4 N–H and O–H groups in total. The summed E-state index contributed by atoms with van der Waals surface area (Å²) in [4.78, 5) is 40.9. The number of nitrogens with zero attached hydrogens (tertiary/aromatic N) is 1.